The van der Waals surface area contributed by atoms with Crippen LogP contribution < -0.4 is 5.56 Å². The quantitative estimate of drug-likeness (QED) is 0.373. The first-order chi connectivity index (χ1) is 14.0. The largest absolute Gasteiger partial charge is 0.466 e. The van der Waals surface area contributed by atoms with Crippen molar-refractivity contribution in [1.29, 1.82) is 0 Å². The summed E-state index contributed by atoms with van der Waals surface area (Å²) >= 11 is 0. The van der Waals surface area contributed by atoms with E-state index in [0.717, 1.165) is 19.3 Å². The van der Waals surface area contributed by atoms with Crippen LogP contribution in [0.1, 0.15) is 39.5 Å². The summed E-state index contributed by atoms with van der Waals surface area (Å²) in [4.78, 5) is 43.4. The van der Waals surface area contributed by atoms with E-state index in [1.165, 1.54) is 18.2 Å². The molecule has 0 aromatic carbocycles. The first-order valence-corrected chi connectivity index (χ1v) is 9.66. The van der Waals surface area contributed by atoms with E-state index in [2.05, 4.69) is 9.97 Å². The number of esters is 2. The highest BCUT2D eigenvalue weighted by Crippen LogP contribution is 2.11. The SMILES string of the molecule is CC(=O)OCCCCn1cnc2nc3n(CCCCOC(C)=O)ccn3c(=O)c21. The van der Waals surface area contributed by atoms with Crippen LogP contribution in [0.3, 0.4) is 0 Å². The normalized spacial score (nSPS) is 11.2. The van der Waals surface area contributed by atoms with Crippen LogP contribution in [0.15, 0.2) is 23.5 Å². The maximum absolute atomic E-state index is 12.9. The van der Waals surface area contributed by atoms with E-state index in [0.29, 0.717) is 49.7 Å². The lowest BCUT2D eigenvalue weighted by molar-refractivity contribution is -0.142. The number of carbonyl (C=O) groups is 2. The fourth-order valence-electron chi connectivity index (χ4n) is 3.12. The standard InChI is InChI=1S/C19H25N5O5/c1-14(25)28-11-5-3-7-22-9-10-24-18(27)16-17(21-19(22)24)20-13-23(16)8-4-6-12-29-15(2)26/h9-10,13H,3-8,11-12H2,1-2H3. The Morgan fingerprint density at radius 3 is 2.17 bits per heavy atom. The van der Waals surface area contributed by atoms with Gasteiger partial charge in [-0.15, -0.1) is 0 Å². The number of hydrogen-bond donors (Lipinski definition) is 0. The molecule has 3 heterocycles. The van der Waals surface area contributed by atoms with Crippen molar-refractivity contribution in [3.05, 3.63) is 29.1 Å². The minimum Gasteiger partial charge on any atom is -0.466 e. The summed E-state index contributed by atoms with van der Waals surface area (Å²) in [5, 5.41) is 0. The molecule has 0 atom stereocenters. The van der Waals surface area contributed by atoms with Gasteiger partial charge in [-0.2, -0.15) is 4.98 Å². The van der Waals surface area contributed by atoms with Gasteiger partial charge in [-0.05, 0) is 25.7 Å². The average Bonchev–Trinajstić information content (AvgIpc) is 3.26. The molecule has 156 valence electrons. The molecule has 0 unspecified atom stereocenters. The van der Waals surface area contributed by atoms with Gasteiger partial charge in [0.1, 0.15) is 0 Å². The molecular weight excluding hydrogens is 378 g/mol. The van der Waals surface area contributed by atoms with Gasteiger partial charge in [-0.1, -0.05) is 0 Å². The number of aryl methyl sites for hydroxylation is 2. The molecule has 10 nitrogen and oxygen atoms in total. The molecule has 0 bridgehead atoms. The minimum absolute atomic E-state index is 0.166. The summed E-state index contributed by atoms with van der Waals surface area (Å²) in [6, 6.07) is 0. The summed E-state index contributed by atoms with van der Waals surface area (Å²) in [6.45, 7) is 4.77. The molecule has 0 aliphatic rings. The third-order valence-corrected chi connectivity index (χ3v) is 4.51. The van der Waals surface area contributed by atoms with Crippen molar-refractivity contribution in [3.63, 3.8) is 0 Å². The Balaban J connectivity index is 1.69. The third-order valence-electron chi connectivity index (χ3n) is 4.51. The van der Waals surface area contributed by atoms with E-state index in [4.69, 9.17) is 9.47 Å². The van der Waals surface area contributed by atoms with Crippen LogP contribution in [0, 0.1) is 0 Å². The van der Waals surface area contributed by atoms with Crippen LogP contribution in [-0.2, 0) is 32.2 Å². The monoisotopic (exact) mass is 403 g/mol. The molecule has 0 fully saturated rings. The first-order valence-electron chi connectivity index (χ1n) is 9.66. The molecule has 0 aliphatic heterocycles. The molecule has 10 heteroatoms. The lowest BCUT2D eigenvalue weighted by atomic mass is 10.3. The van der Waals surface area contributed by atoms with E-state index in [1.54, 1.807) is 17.1 Å². The van der Waals surface area contributed by atoms with Crippen LogP contribution in [0.4, 0.5) is 0 Å². The van der Waals surface area contributed by atoms with E-state index in [9.17, 15) is 14.4 Å². The number of hydrogen-bond acceptors (Lipinski definition) is 7. The molecule has 0 amide bonds. The third kappa shape index (κ3) is 5.01. The van der Waals surface area contributed by atoms with Crippen LogP contribution in [0.5, 0.6) is 0 Å². The number of fused-ring (bicyclic) bond motifs is 2. The second-order valence-corrected chi connectivity index (χ2v) is 6.78. The predicted octanol–water partition coefficient (Wildman–Crippen LogP) is 1.53. The molecule has 29 heavy (non-hydrogen) atoms. The van der Waals surface area contributed by atoms with Crippen molar-refractivity contribution in [1.82, 2.24) is 23.5 Å². The molecule has 0 N–H and O–H groups in total. The first kappa shape index (κ1) is 20.6. The molecule has 3 rings (SSSR count). The van der Waals surface area contributed by atoms with Crippen LogP contribution in [0.25, 0.3) is 16.9 Å². The van der Waals surface area contributed by atoms with Crippen molar-refractivity contribution in [2.75, 3.05) is 13.2 Å². The predicted molar refractivity (Wildman–Crippen MR) is 104 cm³/mol. The molecule has 0 saturated heterocycles. The van der Waals surface area contributed by atoms with Crippen molar-refractivity contribution in [3.8, 4) is 0 Å². The zero-order valence-corrected chi connectivity index (χ0v) is 16.7. The minimum atomic E-state index is -0.293. The molecule has 0 spiro atoms. The highest BCUT2D eigenvalue weighted by molar-refractivity contribution is 5.71. The highest BCUT2D eigenvalue weighted by atomic mass is 16.5. The van der Waals surface area contributed by atoms with Gasteiger partial charge in [0.15, 0.2) is 11.2 Å². The van der Waals surface area contributed by atoms with Crippen LogP contribution >= 0.6 is 0 Å². The fraction of sp³-hybridized carbons (Fsp3) is 0.526. The zero-order valence-electron chi connectivity index (χ0n) is 16.7. The number of unbranched alkanes of at least 4 members (excludes halogenated alkanes) is 2. The van der Waals surface area contributed by atoms with Gasteiger partial charge in [0.05, 0.1) is 19.5 Å². The smallest absolute Gasteiger partial charge is 0.302 e. The van der Waals surface area contributed by atoms with Gasteiger partial charge < -0.3 is 18.6 Å². The van der Waals surface area contributed by atoms with Gasteiger partial charge in [0.25, 0.3) is 5.56 Å². The number of imidazole rings is 2. The van der Waals surface area contributed by atoms with Crippen molar-refractivity contribution in [2.45, 2.75) is 52.6 Å². The lowest BCUT2D eigenvalue weighted by Crippen LogP contribution is -2.18. The number of nitrogens with zero attached hydrogens (tertiary/aromatic N) is 5. The number of rotatable bonds is 10. The number of aromatic nitrogens is 5. The van der Waals surface area contributed by atoms with E-state index in [-0.39, 0.29) is 17.5 Å². The topological polar surface area (TPSA) is 110 Å². The lowest BCUT2D eigenvalue weighted by Gasteiger charge is -2.06. The second kappa shape index (κ2) is 9.35. The average molecular weight is 403 g/mol. The number of carbonyl (C=O) groups excluding carboxylic acids is 2. The summed E-state index contributed by atoms with van der Waals surface area (Å²) in [7, 11) is 0. The van der Waals surface area contributed by atoms with Crippen molar-refractivity contribution < 1.29 is 19.1 Å². The Morgan fingerprint density at radius 1 is 0.931 bits per heavy atom. The molecular formula is C19H25N5O5. The summed E-state index contributed by atoms with van der Waals surface area (Å²) < 4.78 is 15.1. The van der Waals surface area contributed by atoms with Crippen molar-refractivity contribution in [2.24, 2.45) is 0 Å². The van der Waals surface area contributed by atoms with Crippen LogP contribution in [0.2, 0.25) is 0 Å². The van der Waals surface area contributed by atoms with E-state index >= 15 is 0 Å². The molecule has 3 aromatic heterocycles. The van der Waals surface area contributed by atoms with E-state index in [1.807, 2.05) is 10.8 Å². The second-order valence-electron chi connectivity index (χ2n) is 6.78. The van der Waals surface area contributed by atoms with E-state index < -0.39 is 0 Å². The Labute approximate surface area is 167 Å². The summed E-state index contributed by atoms with van der Waals surface area (Å²) in [6.07, 6.45) is 8.13. The Morgan fingerprint density at radius 2 is 1.55 bits per heavy atom. The molecule has 0 saturated carbocycles. The van der Waals surface area contributed by atoms with Gasteiger partial charge >= 0.3 is 11.9 Å². The zero-order chi connectivity index (χ0) is 20.8. The Bertz CT molecular complexity index is 1060. The molecule has 0 aliphatic carbocycles. The van der Waals surface area contributed by atoms with Gasteiger partial charge in [0, 0.05) is 39.3 Å². The summed E-state index contributed by atoms with van der Waals surface area (Å²) in [5.41, 5.74) is 0.707. The van der Waals surface area contributed by atoms with Crippen molar-refractivity contribution >= 4 is 28.9 Å². The summed E-state index contributed by atoms with van der Waals surface area (Å²) in [5.74, 6) is -0.0390. The maximum atomic E-state index is 12.9. The number of ether oxygens (including phenoxy) is 2. The molecule has 0 radical (unpaired) electrons. The molecule has 3 aromatic rings. The maximum Gasteiger partial charge on any atom is 0.302 e. The highest BCUT2D eigenvalue weighted by Gasteiger charge is 2.14. The van der Waals surface area contributed by atoms with Gasteiger partial charge in [0.2, 0.25) is 5.78 Å². The Kier molecular flexibility index (Phi) is 6.63. The Hall–Kier alpha value is -3.17. The van der Waals surface area contributed by atoms with Crippen LogP contribution in [-0.4, -0.2) is 48.7 Å². The fourth-order valence-corrected chi connectivity index (χ4v) is 3.12. The van der Waals surface area contributed by atoms with Gasteiger partial charge in [-0.3, -0.25) is 14.4 Å². The van der Waals surface area contributed by atoms with Gasteiger partial charge in [-0.25, -0.2) is 9.38 Å².